The monoisotopic (exact) mass is 290 g/mol. The number of hydrazine groups is 1. The molecule has 1 unspecified atom stereocenters. The van der Waals surface area contributed by atoms with Crippen LogP contribution in [0.3, 0.4) is 0 Å². The molecule has 1 aromatic rings. The van der Waals surface area contributed by atoms with E-state index in [1.807, 2.05) is 6.26 Å². The Bertz CT molecular complexity index is 461. The first-order valence-electron chi connectivity index (χ1n) is 5.44. The Hall–Kier alpha value is -0.830. The van der Waals surface area contributed by atoms with Gasteiger partial charge >= 0.3 is 0 Å². The van der Waals surface area contributed by atoms with Crippen molar-refractivity contribution in [1.82, 2.24) is 9.71 Å². The van der Waals surface area contributed by atoms with Gasteiger partial charge in [0.05, 0.1) is 0 Å². The number of nitrogens with zero attached hydrogens (tertiary/aromatic N) is 1. The van der Waals surface area contributed by atoms with Crippen molar-refractivity contribution in [3.05, 3.63) is 18.3 Å². The number of hydrogen-bond acceptors (Lipinski definition) is 6. The Morgan fingerprint density at radius 3 is 2.72 bits per heavy atom. The van der Waals surface area contributed by atoms with Gasteiger partial charge in [-0.1, -0.05) is 6.92 Å². The molecule has 0 bridgehead atoms. The van der Waals surface area contributed by atoms with Crippen LogP contribution in [0.1, 0.15) is 13.3 Å². The van der Waals surface area contributed by atoms with Gasteiger partial charge in [0, 0.05) is 18.0 Å². The minimum atomic E-state index is -3.48. The van der Waals surface area contributed by atoms with Crippen LogP contribution in [-0.4, -0.2) is 31.5 Å². The SMILES string of the molecule is CSC(C)CCNS(=O)(=O)c1ccc(NN)nc1. The van der Waals surface area contributed by atoms with Gasteiger partial charge in [0.2, 0.25) is 10.0 Å². The zero-order valence-electron chi connectivity index (χ0n) is 10.4. The third-order valence-electron chi connectivity index (χ3n) is 2.44. The van der Waals surface area contributed by atoms with Crippen molar-refractivity contribution in [1.29, 1.82) is 0 Å². The number of aromatic nitrogens is 1. The second kappa shape index (κ2) is 6.93. The van der Waals surface area contributed by atoms with Crippen LogP contribution in [0.25, 0.3) is 0 Å². The highest BCUT2D eigenvalue weighted by atomic mass is 32.2. The van der Waals surface area contributed by atoms with Gasteiger partial charge in [-0.3, -0.25) is 0 Å². The Morgan fingerprint density at radius 1 is 1.50 bits per heavy atom. The molecule has 0 radical (unpaired) electrons. The smallest absolute Gasteiger partial charge is 0.242 e. The van der Waals surface area contributed by atoms with Gasteiger partial charge < -0.3 is 5.43 Å². The van der Waals surface area contributed by atoms with Gasteiger partial charge in [-0.2, -0.15) is 11.8 Å². The fourth-order valence-electron chi connectivity index (χ4n) is 1.22. The highest BCUT2D eigenvalue weighted by Gasteiger charge is 2.14. The third kappa shape index (κ3) is 4.45. The predicted octanol–water partition coefficient (Wildman–Crippen LogP) is 0.787. The maximum atomic E-state index is 11.9. The number of thioether (sulfide) groups is 1. The molecule has 0 aliphatic heterocycles. The highest BCUT2D eigenvalue weighted by Crippen LogP contribution is 2.11. The van der Waals surface area contributed by atoms with E-state index in [1.165, 1.54) is 18.3 Å². The molecule has 8 heteroatoms. The van der Waals surface area contributed by atoms with Crippen molar-refractivity contribution in [2.24, 2.45) is 5.84 Å². The minimum Gasteiger partial charge on any atom is -0.308 e. The molecular formula is C10H18N4O2S2. The first kappa shape index (κ1) is 15.2. The number of nitrogens with two attached hydrogens (primary N) is 1. The second-order valence-electron chi connectivity index (χ2n) is 3.76. The predicted molar refractivity (Wildman–Crippen MR) is 74.8 cm³/mol. The standard InChI is InChI=1S/C10H18N4O2S2/c1-8(17-2)5-6-13-18(15,16)9-3-4-10(14-11)12-7-9/h3-4,7-8,13H,5-6,11H2,1-2H3,(H,12,14). The zero-order valence-corrected chi connectivity index (χ0v) is 12.0. The summed E-state index contributed by atoms with van der Waals surface area (Å²) in [4.78, 5) is 4.00. The van der Waals surface area contributed by atoms with E-state index in [-0.39, 0.29) is 4.90 Å². The number of anilines is 1. The van der Waals surface area contributed by atoms with Gasteiger partial charge in [0.1, 0.15) is 10.7 Å². The summed E-state index contributed by atoms with van der Waals surface area (Å²) in [5.74, 6) is 5.58. The molecule has 0 aromatic carbocycles. The van der Waals surface area contributed by atoms with E-state index in [4.69, 9.17) is 5.84 Å². The molecule has 1 rings (SSSR count). The summed E-state index contributed by atoms with van der Waals surface area (Å²) >= 11 is 1.71. The first-order valence-corrected chi connectivity index (χ1v) is 8.22. The molecule has 0 amide bonds. The molecule has 1 heterocycles. The van der Waals surface area contributed by atoms with Crippen LogP contribution in [0.2, 0.25) is 0 Å². The molecule has 0 saturated heterocycles. The molecule has 18 heavy (non-hydrogen) atoms. The summed E-state index contributed by atoms with van der Waals surface area (Å²) in [5.41, 5.74) is 2.34. The summed E-state index contributed by atoms with van der Waals surface area (Å²) in [6, 6.07) is 2.97. The summed E-state index contributed by atoms with van der Waals surface area (Å²) in [5, 5.41) is 0.426. The lowest BCUT2D eigenvalue weighted by atomic mass is 10.3. The van der Waals surface area contributed by atoms with E-state index in [0.29, 0.717) is 17.6 Å². The van der Waals surface area contributed by atoms with Crippen LogP contribution in [0, 0.1) is 0 Å². The van der Waals surface area contributed by atoms with E-state index in [2.05, 4.69) is 22.1 Å². The molecule has 0 aliphatic rings. The summed E-state index contributed by atoms with van der Waals surface area (Å²) in [6.45, 7) is 2.48. The Kier molecular flexibility index (Phi) is 5.86. The molecule has 1 atom stereocenters. The normalized spacial score (nSPS) is 13.3. The van der Waals surface area contributed by atoms with Crippen molar-refractivity contribution < 1.29 is 8.42 Å². The average Bonchev–Trinajstić information content (AvgIpc) is 2.38. The average molecular weight is 290 g/mol. The van der Waals surface area contributed by atoms with Crippen LogP contribution >= 0.6 is 11.8 Å². The zero-order chi connectivity index (χ0) is 13.6. The molecule has 0 saturated carbocycles. The topological polar surface area (TPSA) is 97.1 Å². The van der Waals surface area contributed by atoms with Crippen LogP contribution in [0.5, 0.6) is 0 Å². The number of pyridine rings is 1. The van der Waals surface area contributed by atoms with E-state index in [0.717, 1.165) is 6.42 Å². The van der Waals surface area contributed by atoms with Gasteiger partial charge in [-0.25, -0.2) is 24.0 Å². The van der Waals surface area contributed by atoms with Gasteiger partial charge in [-0.05, 0) is 24.8 Å². The van der Waals surface area contributed by atoms with Crippen molar-refractivity contribution in [3.8, 4) is 0 Å². The lowest BCUT2D eigenvalue weighted by molar-refractivity contribution is 0.578. The molecule has 4 N–H and O–H groups in total. The van der Waals surface area contributed by atoms with E-state index in [9.17, 15) is 8.42 Å². The van der Waals surface area contributed by atoms with Crippen molar-refractivity contribution in [2.45, 2.75) is 23.5 Å². The lowest BCUT2D eigenvalue weighted by Gasteiger charge is -2.10. The quantitative estimate of drug-likeness (QED) is 0.507. The lowest BCUT2D eigenvalue weighted by Crippen LogP contribution is -2.26. The first-order chi connectivity index (χ1) is 8.49. The number of nitrogen functional groups attached to an aromatic ring is 1. The Balaban J connectivity index is 2.62. The van der Waals surface area contributed by atoms with Gasteiger partial charge in [0.15, 0.2) is 0 Å². The number of nitrogens with one attached hydrogen (secondary N) is 2. The maximum Gasteiger partial charge on any atom is 0.242 e. The summed E-state index contributed by atoms with van der Waals surface area (Å²) in [7, 11) is -3.48. The Morgan fingerprint density at radius 2 is 2.22 bits per heavy atom. The van der Waals surface area contributed by atoms with Crippen LogP contribution in [0.4, 0.5) is 5.82 Å². The minimum absolute atomic E-state index is 0.137. The van der Waals surface area contributed by atoms with E-state index < -0.39 is 10.0 Å². The maximum absolute atomic E-state index is 11.9. The Labute approximate surface area is 112 Å². The van der Waals surface area contributed by atoms with Crippen LogP contribution in [0.15, 0.2) is 23.2 Å². The fourth-order valence-corrected chi connectivity index (χ4v) is 2.57. The fraction of sp³-hybridized carbons (Fsp3) is 0.500. The van der Waals surface area contributed by atoms with Crippen LogP contribution < -0.4 is 16.0 Å². The van der Waals surface area contributed by atoms with E-state index >= 15 is 0 Å². The second-order valence-corrected chi connectivity index (χ2v) is 6.80. The molecule has 102 valence electrons. The van der Waals surface area contributed by atoms with Gasteiger partial charge in [-0.15, -0.1) is 0 Å². The molecule has 6 nitrogen and oxygen atoms in total. The summed E-state index contributed by atoms with van der Waals surface area (Å²) < 4.78 is 26.3. The highest BCUT2D eigenvalue weighted by molar-refractivity contribution is 7.99. The number of rotatable bonds is 7. The van der Waals surface area contributed by atoms with Crippen molar-refractivity contribution in [3.63, 3.8) is 0 Å². The van der Waals surface area contributed by atoms with E-state index in [1.54, 1.807) is 11.8 Å². The van der Waals surface area contributed by atoms with Crippen LogP contribution in [-0.2, 0) is 10.0 Å². The summed E-state index contributed by atoms with van der Waals surface area (Å²) in [6.07, 6.45) is 4.06. The van der Waals surface area contributed by atoms with Crippen molar-refractivity contribution >= 4 is 27.6 Å². The molecular weight excluding hydrogens is 272 g/mol. The number of sulfonamides is 1. The van der Waals surface area contributed by atoms with Crippen molar-refractivity contribution in [2.75, 3.05) is 18.2 Å². The molecule has 0 spiro atoms. The largest absolute Gasteiger partial charge is 0.308 e. The van der Waals surface area contributed by atoms with Gasteiger partial charge in [0.25, 0.3) is 0 Å². The molecule has 0 aliphatic carbocycles. The number of hydrogen-bond donors (Lipinski definition) is 3. The molecule has 1 aromatic heterocycles. The molecule has 0 fully saturated rings. The third-order valence-corrected chi connectivity index (χ3v) is 4.93.